The summed E-state index contributed by atoms with van der Waals surface area (Å²) in [6, 6.07) is 7.16. The van der Waals surface area contributed by atoms with Gasteiger partial charge in [0.15, 0.2) is 17.2 Å². The Morgan fingerprint density at radius 2 is 2.04 bits per heavy atom. The number of benzene rings is 1. The maximum atomic E-state index is 12.2. The first-order valence-electron chi connectivity index (χ1n) is 7.99. The van der Waals surface area contributed by atoms with Crippen molar-refractivity contribution in [3.8, 4) is 11.5 Å². The van der Waals surface area contributed by atoms with Crippen LogP contribution in [0, 0.1) is 12.8 Å². The molecule has 0 aliphatic carbocycles. The lowest BCUT2D eigenvalue weighted by atomic mass is 9.98. The molecule has 4 rings (SSSR count). The summed E-state index contributed by atoms with van der Waals surface area (Å²) in [5.41, 5.74) is 1.21. The maximum absolute atomic E-state index is 12.2. The van der Waals surface area contributed by atoms with Gasteiger partial charge in [-0.1, -0.05) is 11.2 Å². The molecule has 1 fully saturated rings. The molecule has 1 N–H and O–H groups in total. The van der Waals surface area contributed by atoms with Crippen molar-refractivity contribution in [3.05, 3.63) is 41.3 Å². The Morgan fingerprint density at radius 3 is 2.80 bits per heavy atom. The summed E-state index contributed by atoms with van der Waals surface area (Å²) in [4.78, 5) is 25.9. The van der Waals surface area contributed by atoms with Gasteiger partial charge in [0.1, 0.15) is 5.76 Å². The maximum Gasteiger partial charge on any atom is 0.276 e. The number of aromatic nitrogens is 1. The Labute approximate surface area is 143 Å². The van der Waals surface area contributed by atoms with E-state index in [4.69, 9.17) is 14.0 Å². The molecule has 2 aliphatic heterocycles. The van der Waals surface area contributed by atoms with Crippen molar-refractivity contribution in [1.29, 1.82) is 0 Å². The molecule has 0 unspecified atom stereocenters. The zero-order chi connectivity index (χ0) is 17.4. The van der Waals surface area contributed by atoms with Crippen molar-refractivity contribution in [1.82, 2.24) is 15.4 Å². The molecule has 2 aromatic rings. The van der Waals surface area contributed by atoms with Gasteiger partial charge in [-0.15, -0.1) is 0 Å². The topological polar surface area (TPSA) is 93.9 Å². The second kappa shape index (κ2) is 6.12. The van der Waals surface area contributed by atoms with Crippen LogP contribution in [0.15, 0.2) is 28.8 Å². The molecule has 130 valence electrons. The number of carbonyl (C=O) groups is 2. The molecule has 25 heavy (non-hydrogen) atoms. The third-order valence-corrected chi connectivity index (χ3v) is 4.29. The van der Waals surface area contributed by atoms with Crippen LogP contribution in [-0.4, -0.2) is 41.8 Å². The Bertz CT molecular complexity index is 825. The first-order valence-corrected chi connectivity index (χ1v) is 7.99. The molecule has 0 bridgehead atoms. The van der Waals surface area contributed by atoms with Gasteiger partial charge in [0, 0.05) is 25.7 Å². The molecule has 0 spiro atoms. The van der Waals surface area contributed by atoms with E-state index in [1.54, 1.807) is 17.9 Å². The molecular formula is C17H17N3O5. The molecule has 8 heteroatoms. The lowest BCUT2D eigenvalue weighted by Gasteiger charge is -2.37. The number of aryl methyl sites for hydroxylation is 1. The molecule has 0 atom stereocenters. The summed E-state index contributed by atoms with van der Waals surface area (Å²) >= 11 is 0. The van der Waals surface area contributed by atoms with Crippen LogP contribution in [0.5, 0.6) is 11.5 Å². The van der Waals surface area contributed by atoms with Crippen LogP contribution < -0.4 is 14.8 Å². The minimum Gasteiger partial charge on any atom is -0.454 e. The van der Waals surface area contributed by atoms with Crippen LogP contribution in [0.1, 0.15) is 21.8 Å². The minimum absolute atomic E-state index is 0.0712. The quantitative estimate of drug-likeness (QED) is 0.893. The number of likely N-dealkylation sites (tertiary alicyclic amines) is 1. The second-order valence-electron chi connectivity index (χ2n) is 6.14. The van der Waals surface area contributed by atoms with Gasteiger partial charge in [0.05, 0.1) is 5.92 Å². The van der Waals surface area contributed by atoms with Crippen molar-refractivity contribution in [2.75, 3.05) is 19.9 Å². The van der Waals surface area contributed by atoms with Gasteiger partial charge in [0.25, 0.3) is 5.91 Å². The van der Waals surface area contributed by atoms with Gasteiger partial charge in [-0.05, 0) is 24.6 Å². The van der Waals surface area contributed by atoms with E-state index in [9.17, 15) is 9.59 Å². The summed E-state index contributed by atoms with van der Waals surface area (Å²) in [6.45, 7) is 3.13. The van der Waals surface area contributed by atoms with Gasteiger partial charge >= 0.3 is 0 Å². The monoisotopic (exact) mass is 343 g/mol. The standard InChI is InChI=1S/C17H17N3O5/c1-10-4-13(19-25-10)17(22)20-7-12(8-20)16(21)18-6-11-2-3-14-15(5-11)24-9-23-14/h2-5,12H,6-9H2,1H3,(H,18,21). The summed E-state index contributed by atoms with van der Waals surface area (Å²) < 4.78 is 15.5. The Morgan fingerprint density at radius 1 is 1.24 bits per heavy atom. The molecular weight excluding hydrogens is 326 g/mol. The van der Waals surface area contributed by atoms with Crippen LogP contribution >= 0.6 is 0 Å². The van der Waals surface area contributed by atoms with Crippen molar-refractivity contribution < 1.29 is 23.6 Å². The number of amides is 2. The number of rotatable bonds is 4. The van der Waals surface area contributed by atoms with E-state index < -0.39 is 0 Å². The second-order valence-corrected chi connectivity index (χ2v) is 6.14. The van der Waals surface area contributed by atoms with E-state index in [2.05, 4.69) is 10.5 Å². The number of fused-ring (bicyclic) bond motifs is 1. The van der Waals surface area contributed by atoms with Crippen molar-refractivity contribution in [3.63, 3.8) is 0 Å². The average Bonchev–Trinajstić information content (AvgIpc) is 3.19. The van der Waals surface area contributed by atoms with Crippen LogP contribution in [0.25, 0.3) is 0 Å². The zero-order valence-electron chi connectivity index (χ0n) is 13.7. The molecule has 1 aromatic heterocycles. The predicted octanol–water partition coefficient (Wildman–Crippen LogP) is 1.10. The fraction of sp³-hybridized carbons (Fsp3) is 0.353. The van der Waals surface area contributed by atoms with Gasteiger partial charge in [-0.3, -0.25) is 9.59 Å². The Kier molecular flexibility index (Phi) is 3.79. The van der Waals surface area contributed by atoms with Crippen molar-refractivity contribution in [2.24, 2.45) is 5.92 Å². The normalized spacial score (nSPS) is 15.8. The molecule has 1 saturated heterocycles. The summed E-state index contributed by atoms with van der Waals surface area (Å²) in [5.74, 6) is 1.50. The first-order chi connectivity index (χ1) is 12.1. The Balaban J connectivity index is 1.27. The minimum atomic E-state index is -0.211. The largest absolute Gasteiger partial charge is 0.454 e. The number of hydrogen-bond donors (Lipinski definition) is 1. The van der Waals surface area contributed by atoms with Gasteiger partial charge < -0.3 is 24.2 Å². The molecule has 2 amide bonds. The van der Waals surface area contributed by atoms with E-state index in [0.29, 0.717) is 36.9 Å². The van der Waals surface area contributed by atoms with E-state index in [1.807, 2.05) is 18.2 Å². The molecule has 3 heterocycles. The highest BCUT2D eigenvalue weighted by Gasteiger charge is 2.36. The van der Waals surface area contributed by atoms with Gasteiger partial charge in [-0.25, -0.2) is 0 Å². The van der Waals surface area contributed by atoms with E-state index in [-0.39, 0.29) is 30.2 Å². The lowest BCUT2D eigenvalue weighted by Crippen LogP contribution is -2.55. The summed E-state index contributed by atoms with van der Waals surface area (Å²) in [6.07, 6.45) is 0. The summed E-state index contributed by atoms with van der Waals surface area (Å²) in [7, 11) is 0. The van der Waals surface area contributed by atoms with Crippen molar-refractivity contribution in [2.45, 2.75) is 13.5 Å². The number of carbonyl (C=O) groups excluding carboxylic acids is 2. The van der Waals surface area contributed by atoms with Crippen LogP contribution in [0.2, 0.25) is 0 Å². The summed E-state index contributed by atoms with van der Waals surface area (Å²) in [5, 5.41) is 6.59. The fourth-order valence-electron chi connectivity index (χ4n) is 2.82. The molecule has 8 nitrogen and oxygen atoms in total. The fourth-order valence-corrected chi connectivity index (χ4v) is 2.82. The third kappa shape index (κ3) is 3.02. The Hall–Kier alpha value is -3.03. The van der Waals surface area contributed by atoms with Gasteiger partial charge in [0.2, 0.25) is 12.7 Å². The first kappa shape index (κ1) is 15.5. The zero-order valence-corrected chi connectivity index (χ0v) is 13.7. The molecule has 0 radical (unpaired) electrons. The SMILES string of the molecule is Cc1cc(C(=O)N2CC(C(=O)NCc3ccc4c(c3)OCO4)C2)no1. The van der Waals surface area contributed by atoms with Crippen LogP contribution in [0.4, 0.5) is 0 Å². The predicted molar refractivity (Wildman–Crippen MR) is 85.0 cm³/mol. The molecule has 0 saturated carbocycles. The number of ether oxygens (including phenoxy) is 2. The van der Waals surface area contributed by atoms with Crippen molar-refractivity contribution >= 4 is 11.8 Å². The van der Waals surface area contributed by atoms with E-state index in [1.165, 1.54) is 0 Å². The number of nitrogens with one attached hydrogen (secondary N) is 1. The molecule has 1 aromatic carbocycles. The highest BCUT2D eigenvalue weighted by atomic mass is 16.7. The average molecular weight is 343 g/mol. The number of hydrogen-bond acceptors (Lipinski definition) is 6. The lowest BCUT2D eigenvalue weighted by molar-refractivity contribution is -0.129. The highest BCUT2D eigenvalue weighted by Crippen LogP contribution is 2.32. The van der Waals surface area contributed by atoms with E-state index >= 15 is 0 Å². The van der Waals surface area contributed by atoms with Crippen LogP contribution in [-0.2, 0) is 11.3 Å². The number of nitrogens with zero attached hydrogens (tertiary/aromatic N) is 2. The van der Waals surface area contributed by atoms with E-state index in [0.717, 1.165) is 5.56 Å². The van der Waals surface area contributed by atoms with Gasteiger partial charge in [-0.2, -0.15) is 0 Å². The third-order valence-electron chi connectivity index (χ3n) is 4.29. The highest BCUT2D eigenvalue weighted by molar-refractivity contribution is 5.94. The molecule has 2 aliphatic rings. The van der Waals surface area contributed by atoms with Crippen LogP contribution in [0.3, 0.4) is 0 Å². The smallest absolute Gasteiger partial charge is 0.276 e.